The number of nitrogens with zero attached hydrogens (tertiary/aromatic N) is 2. The quantitative estimate of drug-likeness (QED) is 0.291. The van der Waals surface area contributed by atoms with Crippen LogP contribution < -0.4 is 10.1 Å². The number of nitrogens with one attached hydrogen (secondary N) is 1. The Morgan fingerprint density at radius 3 is 2.81 bits per heavy atom. The monoisotopic (exact) mass is 469 g/mol. The van der Waals surface area contributed by atoms with E-state index >= 15 is 0 Å². The molecule has 162 valence electrons. The number of benzene rings is 2. The lowest BCUT2D eigenvalue weighted by Gasteiger charge is -2.03. The maximum Gasteiger partial charge on any atom is 0.284 e. The van der Waals surface area contributed by atoms with Gasteiger partial charge in [0.15, 0.2) is 5.17 Å². The number of ether oxygens (including phenoxy) is 1. The number of halogens is 1. The summed E-state index contributed by atoms with van der Waals surface area (Å²) >= 11 is 7.29. The van der Waals surface area contributed by atoms with E-state index in [2.05, 4.69) is 10.3 Å². The largest absolute Gasteiger partial charge is 0.497 e. The molecule has 1 amide bonds. The average molecular weight is 470 g/mol. The molecular formula is C22H16ClN3O5S. The third kappa shape index (κ3) is 4.39. The van der Waals surface area contributed by atoms with Crippen LogP contribution in [0.1, 0.15) is 11.3 Å². The molecule has 0 atom stereocenters. The van der Waals surface area contributed by atoms with E-state index in [1.54, 1.807) is 42.5 Å². The van der Waals surface area contributed by atoms with Crippen molar-refractivity contribution in [3.63, 3.8) is 0 Å². The molecule has 10 heteroatoms. The van der Waals surface area contributed by atoms with Crippen LogP contribution in [-0.2, 0) is 4.79 Å². The van der Waals surface area contributed by atoms with Gasteiger partial charge in [-0.1, -0.05) is 17.7 Å². The van der Waals surface area contributed by atoms with Crippen LogP contribution in [0.15, 0.2) is 62.8 Å². The Morgan fingerprint density at radius 2 is 2.06 bits per heavy atom. The second-order valence-corrected chi connectivity index (χ2v) is 8.15. The van der Waals surface area contributed by atoms with Crippen LogP contribution >= 0.6 is 23.4 Å². The number of furan rings is 1. The second kappa shape index (κ2) is 8.89. The normalized spacial score (nSPS) is 15.9. The van der Waals surface area contributed by atoms with Gasteiger partial charge in [-0.05, 0) is 60.6 Å². The van der Waals surface area contributed by atoms with Gasteiger partial charge < -0.3 is 14.5 Å². The van der Waals surface area contributed by atoms with Crippen molar-refractivity contribution in [2.45, 2.75) is 6.92 Å². The topological polar surface area (TPSA) is 107 Å². The number of amidine groups is 1. The van der Waals surface area contributed by atoms with Crippen LogP contribution in [-0.4, -0.2) is 23.1 Å². The number of aliphatic imine (C=N–C) groups is 1. The Hall–Kier alpha value is -3.56. The van der Waals surface area contributed by atoms with Crippen LogP contribution in [0.25, 0.3) is 17.4 Å². The van der Waals surface area contributed by atoms with E-state index in [9.17, 15) is 14.9 Å². The lowest BCUT2D eigenvalue weighted by molar-refractivity contribution is -0.384. The molecule has 4 rings (SSSR count). The van der Waals surface area contributed by atoms with E-state index in [-0.39, 0.29) is 11.6 Å². The lowest BCUT2D eigenvalue weighted by Crippen LogP contribution is -2.19. The van der Waals surface area contributed by atoms with Crippen molar-refractivity contribution in [2.24, 2.45) is 4.99 Å². The van der Waals surface area contributed by atoms with E-state index in [1.165, 1.54) is 13.2 Å². The van der Waals surface area contributed by atoms with Crippen molar-refractivity contribution >= 4 is 51.9 Å². The fourth-order valence-electron chi connectivity index (χ4n) is 3.01. The molecule has 1 saturated heterocycles. The molecule has 8 nitrogen and oxygen atoms in total. The first-order chi connectivity index (χ1) is 15.4. The van der Waals surface area contributed by atoms with Gasteiger partial charge in [0.25, 0.3) is 11.6 Å². The zero-order valence-electron chi connectivity index (χ0n) is 16.9. The molecule has 32 heavy (non-hydrogen) atoms. The van der Waals surface area contributed by atoms with Crippen LogP contribution in [0.3, 0.4) is 0 Å². The Kier molecular flexibility index (Phi) is 6.02. The van der Waals surface area contributed by atoms with Gasteiger partial charge in [0.1, 0.15) is 17.3 Å². The Bertz CT molecular complexity index is 1300. The number of nitro groups is 1. The van der Waals surface area contributed by atoms with Crippen LogP contribution in [0, 0.1) is 17.0 Å². The SMILES string of the molecule is COc1ccc(-c2ccc(C=C3SC(=Nc4cccc(Cl)c4C)NC3=O)o2)c([N+](=O)[O-])c1. The molecule has 1 aliphatic heterocycles. The molecule has 0 aliphatic carbocycles. The number of carbonyl (C=O) groups excluding carboxylic acids is 1. The first kappa shape index (κ1) is 21.7. The van der Waals surface area contributed by atoms with Crippen molar-refractivity contribution in [3.8, 4) is 17.1 Å². The third-order valence-electron chi connectivity index (χ3n) is 4.68. The maximum absolute atomic E-state index is 12.4. The molecule has 0 radical (unpaired) electrons. The molecule has 1 aromatic heterocycles. The van der Waals surface area contributed by atoms with Gasteiger partial charge >= 0.3 is 0 Å². The highest BCUT2D eigenvalue weighted by atomic mass is 35.5. The standard InChI is InChI=1S/C22H16ClN3O5S/c1-12-16(23)4-3-5-17(12)24-22-25-21(27)20(32-22)11-14-7-9-19(31-14)15-8-6-13(30-2)10-18(15)26(28)29/h3-11H,1-2H3,(H,24,25,27). The first-order valence-corrected chi connectivity index (χ1v) is 10.5. The number of hydrogen-bond acceptors (Lipinski definition) is 7. The van der Waals surface area contributed by atoms with Gasteiger partial charge in [-0.3, -0.25) is 14.9 Å². The lowest BCUT2D eigenvalue weighted by atomic mass is 10.1. The molecular weight excluding hydrogens is 454 g/mol. The molecule has 0 saturated carbocycles. The van der Waals surface area contributed by atoms with E-state index < -0.39 is 4.92 Å². The van der Waals surface area contributed by atoms with Crippen molar-refractivity contribution < 1.29 is 18.9 Å². The van der Waals surface area contributed by atoms with Gasteiger partial charge in [0.05, 0.1) is 34.3 Å². The molecule has 0 spiro atoms. The number of amides is 1. The first-order valence-electron chi connectivity index (χ1n) is 9.33. The summed E-state index contributed by atoms with van der Waals surface area (Å²) in [7, 11) is 1.44. The van der Waals surface area contributed by atoms with Crippen LogP contribution in [0.5, 0.6) is 5.75 Å². The average Bonchev–Trinajstić information content (AvgIpc) is 3.37. The minimum Gasteiger partial charge on any atom is -0.497 e. The summed E-state index contributed by atoms with van der Waals surface area (Å²) in [6.45, 7) is 1.85. The van der Waals surface area contributed by atoms with Gasteiger partial charge in [0.2, 0.25) is 0 Å². The van der Waals surface area contributed by atoms with Crippen molar-refractivity contribution in [1.29, 1.82) is 0 Å². The summed E-state index contributed by atoms with van der Waals surface area (Å²) in [6.07, 6.45) is 1.56. The molecule has 0 bridgehead atoms. The van der Waals surface area contributed by atoms with Crippen molar-refractivity contribution in [2.75, 3.05) is 7.11 Å². The van der Waals surface area contributed by atoms with Crippen LogP contribution in [0.4, 0.5) is 11.4 Å². The summed E-state index contributed by atoms with van der Waals surface area (Å²) in [5.41, 5.74) is 1.64. The van der Waals surface area contributed by atoms with E-state index in [0.29, 0.717) is 43.6 Å². The van der Waals surface area contributed by atoms with E-state index in [1.807, 2.05) is 13.0 Å². The Balaban J connectivity index is 1.60. The number of thioether (sulfide) groups is 1. The minimum atomic E-state index is -0.501. The Labute approximate surface area is 192 Å². The Morgan fingerprint density at radius 1 is 1.25 bits per heavy atom. The molecule has 3 aromatic rings. The number of hydrogen-bond donors (Lipinski definition) is 1. The zero-order chi connectivity index (χ0) is 22.8. The second-order valence-electron chi connectivity index (χ2n) is 6.71. The number of methoxy groups -OCH3 is 1. The predicted octanol–water partition coefficient (Wildman–Crippen LogP) is 5.72. The predicted molar refractivity (Wildman–Crippen MR) is 124 cm³/mol. The maximum atomic E-state index is 12.4. The summed E-state index contributed by atoms with van der Waals surface area (Å²) in [6, 6.07) is 13.1. The van der Waals surface area contributed by atoms with Crippen molar-refractivity contribution in [3.05, 3.63) is 79.9 Å². The molecule has 1 N–H and O–H groups in total. The number of nitro benzene ring substituents is 1. The third-order valence-corrected chi connectivity index (χ3v) is 6.00. The van der Waals surface area contributed by atoms with Gasteiger partial charge in [-0.2, -0.15) is 0 Å². The van der Waals surface area contributed by atoms with Gasteiger partial charge in [-0.15, -0.1) is 0 Å². The molecule has 2 aromatic carbocycles. The van der Waals surface area contributed by atoms with E-state index in [0.717, 1.165) is 17.3 Å². The van der Waals surface area contributed by atoms with Crippen LogP contribution in [0.2, 0.25) is 5.02 Å². The highest BCUT2D eigenvalue weighted by Gasteiger charge is 2.25. The molecule has 0 unspecified atom stereocenters. The fourth-order valence-corrected chi connectivity index (χ4v) is 3.99. The number of rotatable bonds is 5. The van der Waals surface area contributed by atoms with Crippen molar-refractivity contribution in [1.82, 2.24) is 5.32 Å². The van der Waals surface area contributed by atoms with E-state index in [4.69, 9.17) is 20.8 Å². The fraction of sp³-hybridized carbons (Fsp3) is 0.0909. The van der Waals surface area contributed by atoms with Gasteiger partial charge in [-0.25, -0.2) is 4.99 Å². The summed E-state index contributed by atoms with van der Waals surface area (Å²) in [4.78, 5) is 28.2. The highest BCUT2D eigenvalue weighted by molar-refractivity contribution is 8.18. The molecule has 1 aliphatic rings. The highest BCUT2D eigenvalue weighted by Crippen LogP contribution is 2.36. The summed E-state index contributed by atoms with van der Waals surface area (Å²) in [5, 5.41) is 15.2. The minimum absolute atomic E-state index is 0.141. The number of carbonyl (C=O) groups is 1. The smallest absolute Gasteiger partial charge is 0.284 e. The molecule has 2 heterocycles. The summed E-state index contributed by atoms with van der Waals surface area (Å²) in [5.74, 6) is 0.734. The zero-order valence-corrected chi connectivity index (χ0v) is 18.5. The molecule has 1 fully saturated rings. The summed E-state index contributed by atoms with van der Waals surface area (Å²) < 4.78 is 10.8. The van der Waals surface area contributed by atoms with Gasteiger partial charge in [0, 0.05) is 11.1 Å².